The van der Waals surface area contributed by atoms with Gasteiger partial charge in [0.05, 0.1) is 5.69 Å². The smallest absolute Gasteiger partial charge is 0.444 e. The van der Waals surface area contributed by atoms with E-state index < -0.39 is 17.5 Å². The molecule has 0 bridgehead atoms. The number of hydrogen-bond acceptors (Lipinski definition) is 9. The highest BCUT2D eigenvalue weighted by Crippen LogP contribution is 2.28. The van der Waals surface area contributed by atoms with E-state index in [4.69, 9.17) is 25.5 Å². The molecule has 3 aromatic rings. The highest BCUT2D eigenvalue weighted by molar-refractivity contribution is 7.99. The van der Waals surface area contributed by atoms with Gasteiger partial charge in [-0.05, 0) is 49.3 Å². The number of carbonyl (C=O) groups excluding carboxylic acids is 1. The first-order chi connectivity index (χ1) is 13.7. The summed E-state index contributed by atoms with van der Waals surface area (Å²) in [6.45, 7) is 5.68. The zero-order chi connectivity index (χ0) is 21.0. The van der Waals surface area contributed by atoms with Gasteiger partial charge in [0.25, 0.3) is 0 Å². The topological polar surface area (TPSA) is 125 Å². The van der Waals surface area contributed by atoms with Crippen molar-refractivity contribution >= 4 is 29.5 Å². The van der Waals surface area contributed by atoms with Gasteiger partial charge in [-0.25, -0.2) is 18.8 Å². The first-order valence-electron chi connectivity index (χ1n) is 8.52. The van der Waals surface area contributed by atoms with Crippen molar-refractivity contribution in [1.82, 2.24) is 25.4 Å². The minimum atomic E-state index is -0.701. The minimum Gasteiger partial charge on any atom is -0.444 e. The van der Waals surface area contributed by atoms with E-state index in [0.717, 1.165) is 0 Å². The number of benzene rings is 1. The Labute approximate surface area is 174 Å². The third-order valence-corrected chi connectivity index (χ3v) is 4.53. The summed E-state index contributed by atoms with van der Waals surface area (Å²) in [6.07, 6.45) is -0.511. The van der Waals surface area contributed by atoms with Crippen LogP contribution in [0.1, 0.15) is 20.8 Å². The second-order valence-electron chi connectivity index (χ2n) is 6.78. The number of carbonyl (C=O) groups is 1. The lowest BCUT2D eigenvalue weighted by molar-refractivity contribution is 0.0531. The van der Waals surface area contributed by atoms with Crippen molar-refractivity contribution in [2.75, 3.05) is 12.3 Å². The van der Waals surface area contributed by atoms with Crippen molar-refractivity contribution in [3.63, 3.8) is 0 Å². The fourth-order valence-electron chi connectivity index (χ4n) is 2.27. The Morgan fingerprint density at radius 3 is 2.83 bits per heavy atom. The van der Waals surface area contributed by atoms with Gasteiger partial charge in [-0.15, -0.1) is 0 Å². The lowest BCUT2D eigenvalue weighted by atomic mass is 10.2. The first-order valence-corrected chi connectivity index (χ1v) is 9.88. The molecule has 1 aromatic carbocycles. The third kappa shape index (κ3) is 5.39. The molecular weight excluding hydrogens is 422 g/mol. The van der Waals surface area contributed by atoms with Crippen molar-refractivity contribution in [2.45, 2.75) is 31.4 Å². The Morgan fingerprint density at radius 2 is 2.10 bits per heavy atom. The molecule has 0 atom stereocenters. The van der Waals surface area contributed by atoms with Crippen LogP contribution in [0.5, 0.6) is 0 Å². The third-order valence-electron chi connectivity index (χ3n) is 3.35. The Bertz CT molecular complexity index is 1050. The number of ether oxygens (including phenoxy) is 1. The summed E-state index contributed by atoms with van der Waals surface area (Å²) in [4.78, 5) is 23.8. The van der Waals surface area contributed by atoms with Crippen molar-refractivity contribution in [3.05, 3.63) is 39.8 Å². The van der Waals surface area contributed by atoms with Crippen LogP contribution in [0, 0.1) is 0 Å². The minimum absolute atomic E-state index is 0.126. The lowest BCUT2D eigenvalue weighted by Gasteiger charge is -2.19. The Balaban J connectivity index is 1.72. The maximum absolute atomic E-state index is 12.2. The number of thioether (sulfide) groups is 1. The molecule has 1 N–H and O–H groups in total. The number of hydrogen-bond donors (Lipinski definition) is 1. The molecule has 0 spiro atoms. The van der Waals surface area contributed by atoms with Gasteiger partial charge in [0.1, 0.15) is 5.60 Å². The Kier molecular flexibility index (Phi) is 6.28. The maximum Gasteiger partial charge on any atom is 0.446 e. The molecule has 10 nitrogen and oxygen atoms in total. The van der Waals surface area contributed by atoms with Gasteiger partial charge in [0.15, 0.2) is 10.7 Å². The van der Waals surface area contributed by atoms with Crippen LogP contribution in [0.2, 0.25) is 5.02 Å². The van der Waals surface area contributed by atoms with E-state index in [1.807, 2.05) is 0 Å². The average molecular weight is 440 g/mol. The molecule has 0 unspecified atom stereocenters. The van der Waals surface area contributed by atoms with Gasteiger partial charge in [-0.3, -0.25) is 4.52 Å². The quantitative estimate of drug-likeness (QED) is 0.455. The molecule has 0 saturated carbocycles. The predicted octanol–water partition coefficient (Wildman–Crippen LogP) is 3.15. The summed E-state index contributed by atoms with van der Waals surface area (Å²) in [5.74, 6) is -0.117. The molecule has 1 amide bonds. The molecule has 0 radical (unpaired) electrons. The van der Waals surface area contributed by atoms with E-state index in [1.54, 1.807) is 45.0 Å². The molecular formula is C17H18ClN5O5S. The van der Waals surface area contributed by atoms with Crippen LogP contribution >= 0.6 is 23.4 Å². The highest BCUT2D eigenvalue weighted by Gasteiger charge is 2.23. The van der Waals surface area contributed by atoms with Gasteiger partial charge < -0.3 is 10.1 Å². The maximum atomic E-state index is 12.2. The molecule has 29 heavy (non-hydrogen) atoms. The summed E-state index contributed by atoms with van der Waals surface area (Å²) in [5, 5.41) is 14.9. The van der Waals surface area contributed by atoms with Crippen molar-refractivity contribution in [1.29, 1.82) is 0 Å². The Hall–Kier alpha value is -2.79. The summed E-state index contributed by atoms with van der Waals surface area (Å²) >= 11 is 7.28. The molecule has 0 aliphatic carbocycles. The van der Waals surface area contributed by atoms with Gasteiger partial charge in [0.2, 0.25) is 5.82 Å². The lowest BCUT2D eigenvalue weighted by Crippen LogP contribution is -2.33. The molecule has 12 heteroatoms. The fourth-order valence-corrected chi connectivity index (χ4v) is 3.20. The van der Waals surface area contributed by atoms with E-state index in [1.165, 1.54) is 16.3 Å². The van der Waals surface area contributed by atoms with E-state index in [0.29, 0.717) is 28.0 Å². The number of amides is 1. The van der Waals surface area contributed by atoms with Crippen LogP contribution in [-0.2, 0) is 4.74 Å². The molecule has 0 saturated heterocycles. The standard InChI is InChI=1S/C17H18ClN5O5S/c1-17(2,3)26-15(24)19-7-8-29-14-12(20-28-22-14)13-21-27-16(25)23(13)11-6-4-5-10(18)9-11/h4-6,9H,7-8H2,1-3H3,(H,19,24). The zero-order valence-corrected chi connectivity index (χ0v) is 17.4. The summed E-state index contributed by atoms with van der Waals surface area (Å²) in [6, 6.07) is 6.65. The highest BCUT2D eigenvalue weighted by atomic mass is 35.5. The number of aromatic nitrogens is 4. The molecule has 154 valence electrons. The van der Waals surface area contributed by atoms with Crippen LogP contribution < -0.4 is 11.1 Å². The van der Waals surface area contributed by atoms with Crippen LogP contribution in [-0.4, -0.2) is 44.0 Å². The normalized spacial score (nSPS) is 11.4. The largest absolute Gasteiger partial charge is 0.446 e. The van der Waals surface area contributed by atoms with E-state index in [9.17, 15) is 9.59 Å². The van der Waals surface area contributed by atoms with Crippen molar-refractivity contribution in [3.8, 4) is 17.2 Å². The second-order valence-corrected chi connectivity index (χ2v) is 8.30. The average Bonchev–Trinajstić information content (AvgIpc) is 3.23. The number of alkyl carbamates (subject to hydrolysis) is 1. The molecule has 3 rings (SSSR count). The summed E-state index contributed by atoms with van der Waals surface area (Å²) < 4.78 is 16.0. The van der Waals surface area contributed by atoms with E-state index in [2.05, 4.69) is 20.8 Å². The predicted molar refractivity (Wildman–Crippen MR) is 105 cm³/mol. The summed E-state index contributed by atoms with van der Waals surface area (Å²) in [5.41, 5.74) is 0.125. The van der Waals surface area contributed by atoms with Gasteiger partial charge in [-0.1, -0.05) is 34.6 Å². The molecule has 2 aromatic heterocycles. The number of nitrogens with zero attached hydrogens (tertiary/aromatic N) is 4. The number of nitrogens with one attached hydrogen (secondary N) is 1. The molecule has 0 fully saturated rings. The SMILES string of the molecule is CC(C)(C)OC(=O)NCCSc1nonc1-c1noc(=O)n1-c1cccc(Cl)c1. The Morgan fingerprint density at radius 1 is 1.31 bits per heavy atom. The number of rotatable bonds is 6. The van der Waals surface area contributed by atoms with Gasteiger partial charge >= 0.3 is 11.8 Å². The van der Waals surface area contributed by atoms with Crippen LogP contribution in [0.4, 0.5) is 4.79 Å². The number of halogens is 1. The van der Waals surface area contributed by atoms with Crippen LogP contribution in [0.3, 0.4) is 0 Å². The van der Waals surface area contributed by atoms with E-state index >= 15 is 0 Å². The monoisotopic (exact) mass is 439 g/mol. The first kappa shape index (κ1) is 20.9. The van der Waals surface area contributed by atoms with Gasteiger partial charge in [-0.2, -0.15) is 0 Å². The molecule has 2 heterocycles. The van der Waals surface area contributed by atoms with E-state index in [-0.39, 0.29) is 11.5 Å². The van der Waals surface area contributed by atoms with Crippen molar-refractivity contribution in [2.24, 2.45) is 0 Å². The molecule has 0 aliphatic heterocycles. The van der Waals surface area contributed by atoms with Crippen molar-refractivity contribution < 1.29 is 18.7 Å². The van der Waals surface area contributed by atoms with Crippen LogP contribution in [0.15, 0.2) is 43.2 Å². The fraction of sp³-hybridized carbons (Fsp3) is 0.353. The molecule has 0 aliphatic rings. The van der Waals surface area contributed by atoms with Crippen LogP contribution in [0.25, 0.3) is 17.2 Å². The second kappa shape index (κ2) is 8.70. The summed E-state index contributed by atoms with van der Waals surface area (Å²) in [7, 11) is 0. The van der Waals surface area contributed by atoms with Gasteiger partial charge in [0, 0.05) is 17.3 Å². The zero-order valence-electron chi connectivity index (χ0n) is 15.8.